The van der Waals surface area contributed by atoms with E-state index in [1.807, 2.05) is 13.8 Å². The first kappa shape index (κ1) is 20.2. The minimum absolute atomic E-state index is 0.0545. The molecule has 2 unspecified atom stereocenters. The smallest absolute Gasteiger partial charge is 0.190 e. The molecule has 0 aromatic carbocycles. The van der Waals surface area contributed by atoms with Crippen molar-refractivity contribution in [2.75, 3.05) is 6.61 Å². The molecule has 5 nitrogen and oxygen atoms in total. The van der Waals surface area contributed by atoms with Gasteiger partial charge in [0.1, 0.15) is 18.4 Å². The monoisotopic (exact) mass is 394 g/mol. The number of hydrogen-bond acceptors (Lipinski definition) is 5. The Hall–Kier alpha value is -1.11. The van der Waals surface area contributed by atoms with Crippen LogP contribution in [0.1, 0.15) is 52.9 Å². The highest BCUT2D eigenvalue weighted by Gasteiger charge is 2.71. The van der Waals surface area contributed by atoms with E-state index in [9.17, 15) is 24.9 Å². The van der Waals surface area contributed by atoms with Crippen molar-refractivity contribution >= 4 is 11.6 Å². The van der Waals surface area contributed by atoms with Crippen LogP contribution < -0.4 is 0 Å². The minimum atomic E-state index is -1.72. The van der Waals surface area contributed by atoms with Crippen molar-refractivity contribution in [1.29, 1.82) is 0 Å². The first-order valence-electron chi connectivity index (χ1n) is 10.4. The molecule has 0 bridgehead atoms. The van der Waals surface area contributed by atoms with Gasteiger partial charge in [0.25, 0.3) is 0 Å². The van der Waals surface area contributed by atoms with Crippen LogP contribution in [-0.4, -0.2) is 51.4 Å². The summed E-state index contributed by atoms with van der Waals surface area (Å²) in [7, 11) is 0. The summed E-state index contributed by atoms with van der Waals surface area (Å²) in [5.74, 6) is -1.54. The SMILES string of the molecule is CC1C[C@H]2[C@@H]3CC(F)C4=CC(=O)CC[C@]4(C)[C@H]3[C@@H](O)C[C@]2(C)[C@@]1(O)C(=O)CO. The normalized spacial score (nSPS) is 53.1. The number of carbonyl (C=O) groups excluding carboxylic acids is 2. The Bertz CT molecular complexity index is 749. The maximum atomic E-state index is 15.3. The topological polar surface area (TPSA) is 94.8 Å². The molecule has 6 heteroatoms. The van der Waals surface area contributed by atoms with Gasteiger partial charge in [-0.1, -0.05) is 20.8 Å². The molecule has 0 spiro atoms. The molecule has 3 N–H and O–H groups in total. The van der Waals surface area contributed by atoms with E-state index in [0.717, 1.165) is 0 Å². The van der Waals surface area contributed by atoms with Crippen LogP contribution in [0, 0.1) is 34.5 Å². The fourth-order valence-corrected chi connectivity index (χ4v) is 7.74. The van der Waals surface area contributed by atoms with Crippen molar-refractivity contribution in [3.8, 4) is 0 Å². The zero-order valence-corrected chi connectivity index (χ0v) is 16.8. The molecule has 4 aliphatic rings. The largest absolute Gasteiger partial charge is 0.393 e. The lowest BCUT2D eigenvalue weighted by Crippen LogP contribution is -2.63. The van der Waals surface area contributed by atoms with E-state index < -0.39 is 41.1 Å². The first-order valence-corrected chi connectivity index (χ1v) is 10.4. The van der Waals surface area contributed by atoms with Crippen LogP contribution in [0.5, 0.6) is 0 Å². The number of aliphatic hydroxyl groups excluding tert-OH is 2. The van der Waals surface area contributed by atoms with Gasteiger partial charge in [-0.3, -0.25) is 9.59 Å². The van der Waals surface area contributed by atoms with Crippen LogP contribution in [0.3, 0.4) is 0 Å². The molecule has 3 saturated carbocycles. The van der Waals surface area contributed by atoms with Gasteiger partial charge in [-0.05, 0) is 66.4 Å². The Morgan fingerprint density at radius 2 is 2.00 bits per heavy atom. The number of halogens is 1. The predicted molar refractivity (Wildman–Crippen MR) is 100.0 cm³/mol. The average molecular weight is 394 g/mol. The van der Waals surface area contributed by atoms with Gasteiger partial charge in [0.2, 0.25) is 0 Å². The fraction of sp³-hybridized carbons (Fsp3) is 0.818. The third kappa shape index (κ3) is 2.28. The van der Waals surface area contributed by atoms with Crippen LogP contribution in [0.2, 0.25) is 0 Å². The second-order valence-corrected chi connectivity index (χ2v) is 10.2. The van der Waals surface area contributed by atoms with Crippen LogP contribution in [0.15, 0.2) is 11.6 Å². The molecule has 0 radical (unpaired) electrons. The molecule has 0 aliphatic heterocycles. The molecule has 3 fully saturated rings. The van der Waals surface area contributed by atoms with E-state index in [1.54, 1.807) is 6.92 Å². The Morgan fingerprint density at radius 1 is 1.32 bits per heavy atom. The van der Waals surface area contributed by atoms with Gasteiger partial charge in [0.15, 0.2) is 11.6 Å². The molecule has 0 aromatic heterocycles. The second kappa shape index (κ2) is 6.19. The number of carbonyl (C=O) groups is 2. The zero-order valence-electron chi connectivity index (χ0n) is 16.8. The summed E-state index contributed by atoms with van der Waals surface area (Å²) in [6.45, 7) is 4.84. The number of allylic oxidation sites excluding steroid dienone is 1. The lowest BCUT2D eigenvalue weighted by Gasteiger charge is -2.61. The van der Waals surface area contributed by atoms with Crippen LogP contribution >= 0.6 is 0 Å². The summed E-state index contributed by atoms with van der Waals surface area (Å²) in [6.07, 6.45) is 1.28. The molecule has 156 valence electrons. The molecule has 28 heavy (non-hydrogen) atoms. The highest BCUT2D eigenvalue weighted by Crippen LogP contribution is 2.69. The van der Waals surface area contributed by atoms with Crippen molar-refractivity contribution in [3.05, 3.63) is 11.6 Å². The van der Waals surface area contributed by atoms with Crippen molar-refractivity contribution in [1.82, 2.24) is 0 Å². The van der Waals surface area contributed by atoms with Crippen LogP contribution in [0.4, 0.5) is 4.39 Å². The van der Waals surface area contributed by atoms with E-state index in [1.165, 1.54) is 6.08 Å². The predicted octanol–water partition coefficient (Wildman–Crippen LogP) is 1.98. The van der Waals surface area contributed by atoms with Crippen LogP contribution in [0.25, 0.3) is 0 Å². The number of hydrogen-bond donors (Lipinski definition) is 3. The average Bonchev–Trinajstić information content (AvgIpc) is 2.83. The van der Waals surface area contributed by atoms with Crippen LogP contribution in [-0.2, 0) is 9.59 Å². The van der Waals surface area contributed by atoms with E-state index in [-0.39, 0.29) is 42.3 Å². The number of ketones is 2. The van der Waals surface area contributed by atoms with Gasteiger partial charge in [-0.15, -0.1) is 0 Å². The highest BCUT2D eigenvalue weighted by molar-refractivity contribution is 5.92. The summed E-state index contributed by atoms with van der Waals surface area (Å²) in [4.78, 5) is 24.5. The summed E-state index contributed by atoms with van der Waals surface area (Å²) in [6, 6.07) is 0. The molecule has 0 heterocycles. The van der Waals surface area contributed by atoms with Crippen molar-refractivity contribution < 1.29 is 29.3 Å². The molecule has 9 atom stereocenters. The summed E-state index contributed by atoms with van der Waals surface area (Å²) in [5.41, 5.74) is -2.69. The zero-order chi connectivity index (χ0) is 20.6. The Kier molecular flexibility index (Phi) is 4.46. The summed E-state index contributed by atoms with van der Waals surface area (Å²) < 4.78 is 15.3. The lowest BCUT2D eigenvalue weighted by atomic mass is 9.45. The van der Waals surface area contributed by atoms with E-state index >= 15 is 4.39 Å². The fourth-order valence-electron chi connectivity index (χ4n) is 7.74. The van der Waals surface area contributed by atoms with E-state index in [0.29, 0.717) is 24.8 Å². The number of alkyl halides is 1. The quantitative estimate of drug-likeness (QED) is 0.666. The standard InChI is InChI=1S/C22H31FO5/c1-11-6-14-13-8-16(23)15-7-12(25)4-5-20(15,2)19(13)17(26)9-21(14,3)22(11,28)18(27)10-24/h7,11,13-14,16-17,19,24,26,28H,4-6,8-10H2,1-3H3/t11?,13-,14-,16?,17-,19+,20-,21-,22-/m0/s1. The molecule has 4 aliphatic carbocycles. The molecular formula is C22H31FO5. The third-order valence-electron chi connectivity index (χ3n) is 9.02. The number of rotatable bonds is 2. The molecule has 0 amide bonds. The van der Waals surface area contributed by atoms with Gasteiger partial charge in [0, 0.05) is 11.8 Å². The number of fused-ring (bicyclic) bond motifs is 5. The highest BCUT2D eigenvalue weighted by atomic mass is 19.1. The van der Waals surface area contributed by atoms with Gasteiger partial charge in [-0.25, -0.2) is 4.39 Å². The number of Topliss-reactive ketones (excluding diaryl/α,β-unsaturated/α-hetero) is 1. The third-order valence-corrected chi connectivity index (χ3v) is 9.02. The van der Waals surface area contributed by atoms with Gasteiger partial charge in [-0.2, -0.15) is 0 Å². The van der Waals surface area contributed by atoms with Crippen molar-refractivity contribution in [2.45, 2.75) is 70.8 Å². The maximum Gasteiger partial charge on any atom is 0.190 e. The molecule has 0 saturated heterocycles. The van der Waals surface area contributed by atoms with Gasteiger partial charge < -0.3 is 15.3 Å². The van der Waals surface area contributed by atoms with Gasteiger partial charge in [0.05, 0.1) is 6.10 Å². The Labute approximate surface area is 165 Å². The van der Waals surface area contributed by atoms with Crippen molar-refractivity contribution in [3.63, 3.8) is 0 Å². The summed E-state index contributed by atoms with van der Waals surface area (Å²) >= 11 is 0. The lowest BCUT2D eigenvalue weighted by molar-refractivity contribution is -0.189. The van der Waals surface area contributed by atoms with E-state index in [2.05, 4.69) is 0 Å². The Balaban J connectivity index is 1.80. The second-order valence-electron chi connectivity index (χ2n) is 10.2. The molecular weight excluding hydrogens is 363 g/mol. The molecule has 0 aromatic rings. The minimum Gasteiger partial charge on any atom is -0.393 e. The van der Waals surface area contributed by atoms with Gasteiger partial charge >= 0.3 is 0 Å². The first-order chi connectivity index (χ1) is 13.0. The molecule has 4 rings (SSSR count). The maximum absolute atomic E-state index is 15.3. The van der Waals surface area contributed by atoms with E-state index in [4.69, 9.17) is 0 Å². The number of aliphatic hydroxyl groups is 3. The summed E-state index contributed by atoms with van der Waals surface area (Å²) in [5, 5.41) is 32.1. The Morgan fingerprint density at radius 3 is 2.64 bits per heavy atom. The van der Waals surface area contributed by atoms with Crippen molar-refractivity contribution in [2.24, 2.45) is 34.5 Å².